The van der Waals surface area contributed by atoms with Crippen LogP contribution in [0.2, 0.25) is 0 Å². The standard InChI is InChI=1S/C19H17N3O2/c1-23-18-8-7-14(10-19(18)24-2)9-15(11-20)12-22-13-21-16-5-3-4-6-17(16)22/h3-10,13H,12H2,1-2H3/b15-9-. The van der Waals surface area contributed by atoms with Crippen molar-refractivity contribution >= 4 is 17.1 Å². The Labute approximate surface area is 140 Å². The first-order valence-corrected chi connectivity index (χ1v) is 7.47. The summed E-state index contributed by atoms with van der Waals surface area (Å²) in [5.41, 5.74) is 3.44. The van der Waals surface area contributed by atoms with Gasteiger partial charge in [-0.1, -0.05) is 18.2 Å². The minimum Gasteiger partial charge on any atom is -0.493 e. The predicted molar refractivity (Wildman–Crippen MR) is 92.9 cm³/mol. The van der Waals surface area contributed by atoms with Crippen molar-refractivity contribution < 1.29 is 9.47 Å². The van der Waals surface area contributed by atoms with Gasteiger partial charge in [-0.05, 0) is 35.9 Å². The highest BCUT2D eigenvalue weighted by molar-refractivity contribution is 5.75. The lowest BCUT2D eigenvalue weighted by molar-refractivity contribution is 0.355. The number of ether oxygens (including phenoxy) is 2. The van der Waals surface area contributed by atoms with Crippen LogP contribution in [0.25, 0.3) is 17.1 Å². The first-order valence-electron chi connectivity index (χ1n) is 7.47. The highest BCUT2D eigenvalue weighted by atomic mass is 16.5. The molecule has 5 nitrogen and oxygen atoms in total. The summed E-state index contributed by atoms with van der Waals surface area (Å²) in [6.07, 6.45) is 3.60. The average molecular weight is 319 g/mol. The Morgan fingerprint density at radius 2 is 1.96 bits per heavy atom. The number of nitrogens with zero attached hydrogens (tertiary/aromatic N) is 3. The van der Waals surface area contributed by atoms with E-state index in [2.05, 4.69) is 11.1 Å². The molecule has 0 atom stereocenters. The Bertz CT molecular complexity index is 935. The molecule has 5 heteroatoms. The number of rotatable bonds is 5. The number of benzene rings is 2. The molecule has 24 heavy (non-hydrogen) atoms. The van der Waals surface area contributed by atoms with Crippen LogP contribution >= 0.6 is 0 Å². The molecule has 0 fully saturated rings. The van der Waals surface area contributed by atoms with E-state index in [1.54, 1.807) is 20.5 Å². The Kier molecular flexibility index (Phi) is 4.48. The maximum atomic E-state index is 9.48. The van der Waals surface area contributed by atoms with E-state index in [9.17, 15) is 5.26 Å². The molecule has 0 aliphatic rings. The number of para-hydroxylation sites is 2. The molecule has 1 heterocycles. The zero-order valence-electron chi connectivity index (χ0n) is 13.6. The number of hydrogen-bond acceptors (Lipinski definition) is 4. The van der Waals surface area contributed by atoms with Crippen molar-refractivity contribution in [1.82, 2.24) is 9.55 Å². The first kappa shape index (κ1) is 15.6. The molecule has 0 saturated heterocycles. The SMILES string of the molecule is COc1ccc(/C=C(/C#N)Cn2cnc3ccccc32)cc1OC. The Balaban J connectivity index is 1.91. The summed E-state index contributed by atoms with van der Waals surface area (Å²) in [5, 5.41) is 9.48. The predicted octanol–water partition coefficient (Wildman–Crippen LogP) is 3.66. The zero-order chi connectivity index (χ0) is 16.9. The number of hydrogen-bond donors (Lipinski definition) is 0. The molecule has 0 saturated carbocycles. The normalized spacial score (nSPS) is 11.3. The molecule has 0 aliphatic heterocycles. The van der Waals surface area contributed by atoms with Gasteiger partial charge in [0.1, 0.15) is 0 Å². The van der Waals surface area contributed by atoms with Crippen molar-refractivity contribution in [1.29, 1.82) is 5.26 Å². The molecule has 2 aromatic carbocycles. The van der Waals surface area contributed by atoms with Crippen molar-refractivity contribution in [2.45, 2.75) is 6.54 Å². The van der Waals surface area contributed by atoms with Gasteiger partial charge in [-0.3, -0.25) is 0 Å². The number of imidazole rings is 1. The van der Waals surface area contributed by atoms with Gasteiger partial charge >= 0.3 is 0 Å². The van der Waals surface area contributed by atoms with Crippen molar-refractivity contribution in [3.8, 4) is 17.6 Å². The van der Waals surface area contributed by atoms with Crippen molar-refractivity contribution in [3.05, 3.63) is 59.9 Å². The van der Waals surface area contributed by atoms with Gasteiger partial charge in [0.05, 0.1) is 44.2 Å². The molecule has 0 unspecified atom stereocenters. The van der Waals surface area contributed by atoms with E-state index in [4.69, 9.17) is 9.47 Å². The first-order chi connectivity index (χ1) is 11.7. The minimum absolute atomic E-state index is 0.464. The maximum absolute atomic E-state index is 9.48. The molecular weight excluding hydrogens is 302 g/mol. The van der Waals surface area contributed by atoms with E-state index in [0.717, 1.165) is 16.6 Å². The van der Waals surface area contributed by atoms with E-state index in [0.29, 0.717) is 23.6 Å². The lowest BCUT2D eigenvalue weighted by atomic mass is 10.1. The van der Waals surface area contributed by atoms with Gasteiger partial charge in [-0.2, -0.15) is 5.26 Å². The number of methoxy groups -OCH3 is 2. The van der Waals surface area contributed by atoms with Gasteiger partial charge in [0.25, 0.3) is 0 Å². The van der Waals surface area contributed by atoms with Gasteiger partial charge in [0, 0.05) is 5.57 Å². The number of nitriles is 1. The van der Waals surface area contributed by atoms with Crippen LogP contribution in [0, 0.1) is 11.3 Å². The molecule has 0 radical (unpaired) electrons. The summed E-state index contributed by atoms with van der Waals surface area (Å²) in [6.45, 7) is 0.464. The highest BCUT2D eigenvalue weighted by Crippen LogP contribution is 2.28. The smallest absolute Gasteiger partial charge is 0.161 e. The summed E-state index contributed by atoms with van der Waals surface area (Å²) in [7, 11) is 3.19. The molecule has 0 bridgehead atoms. The van der Waals surface area contributed by atoms with Crippen molar-refractivity contribution in [3.63, 3.8) is 0 Å². The number of allylic oxidation sites excluding steroid dienone is 1. The quantitative estimate of drug-likeness (QED) is 0.673. The average Bonchev–Trinajstić information content (AvgIpc) is 3.04. The second-order valence-corrected chi connectivity index (χ2v) is 5.26. The second kappa shape index (κ2) is 6.88. The van der Waals surface area contributed by atoms with E-state index in [-0.39, 0.29) is 0 Å². The maximum Gasteiger partial charge on any atom is 0.161 e. The van der Waals surface area contributed by atoms with Crippen molar-refractivity contribution in [2.24, 2.45) is 0 Å². The van der Waals surface area contributed by atoms with Crippen LogP contribution in [0.3, 0.4) is 0 Å². The Morgan fingerprint density at radius 1 is 1.17 bits per heavy atom. The third-order valence-corrected chi connectivity index (χ3v) is 3.76. The van der Waals surface area contributed by atoms with Gasteiger partial charge in [-0.15, -0.1) is 0 Å². The van der Waals surface area contributed by atoms with Gasteiger partial charge < -0.3 is 14.0 Å². The van der Waals surface area contributed by atoms with Gasteiger partial charge in [0.2, 0.25) is 0 Å². The number of fused-ring (bicyclic) bond motifs is 1. The fourth-order valence-electron chi connectivity index (χ4n) is 2.58. The lowest BCUT2D eigenvalue weighted by Gasteiger charge is -2.08. The van der Waals surface area contributed by atoms with E-state index in [1.807, 2.05) is 53.1 Å². The minimum atomic E-state index is 0.464. The van der Waals surface area contributed by atoms with Crippen LogP contribution in [0.1, 0.15) is 5.56 Å². The lowest BCUT2D eigenvalue weighted by Crippen LogP contribution is -1.98. The molecule has 0 aliphatic carbocycles. The van der Waals surface area contributed by atoms with Gasteiger partial charge in [-0.25, -0.2) is 4.98 Å². The number of aromatic nitrogens is 2. The second-order valence-electron chi connectivity index (χ2n) is 5.26. The summed E-state index contributed by atoms with van der Waals surface area (Å²) < 4.78 is 12.5. The van der Waals surface area contributed by atoms with E-state index in [1.165, 1.54) is 0 Å². The van der Waals surface area contributed by atoms with Crippen LogP contribution in [0.5, 0.6) is 11.5 Å². The molecule has 3 aromatic rings. The van der Waals surface area contributed by atoms with Crippen LogP contribution < -0.4 is 9.47 Å². The molecule has 0 spiro atoms. The fourth-order valence-corrected chi connectivity index (χ4v) is 2.58. The van der Waals surface area contributed by atoms with E-state index >= 15 is 0 Å². The summed E-state index contributed by atoms with van der Waals surface area (Å²) in [4.78, 5) is 4.35. The van der Waals surface area contributed by atoms with Crippen molar-refractivity contribution in [2.75, 3.05) is 14.2 Å². The summed E-state index contributed by atoms with van der Waals surface area (Å²) >= 11 is 0. The highest BCUT2D eigenvalue weighted by Gasteiger charge is 2.07. The van der Waals surface area contributed by atoms with Gasteiger partial charge in [0.15, 0.2) is 11.5 Å². The summed E-state index contributed by atoms with van der Waals surface area (Å²) in [6, 6.07) is 15.7. The third-order valence-electron chi connectivity index (χ3n) is 3.76. The van der Waals surface area contributed by atoms with Crippen LogP contribution in [-0.4, -0.2) is 23.8 Å². The largest absolute Gasteiger partial charge is 0.493 e. The molecule has 0 N–H and O–H groups in total. The van der Waals surface area contributed by atoms with Crippen LogP contribution in [0.4, 0.5) is 0 Å². The van der Waals surface area contributed by atoms with Crippen LogP contribution in [-0.2, 0) is 6.54 Å². The molecule has 3 rings (SSSR count). The fraction of sp³-hybridized carbons (Fsp3) is 0.158. The molecular formula is C19H17N3O2. The molecule has 0 amide bonds. The zero-order valence-corrected chi connectivity index (χ0v) is 13.6. The van der Waals surface area contributed by atoms with Crippen LogP contribution in [0.15, 0.2) is 54.4 Å². The molecule has 120 valence electrons. The third kappa shape index (κ3) is 3.08. The monoisotopic (exact) mass is 319 g/mol. The topological polar surface area (TPSA) is 60.1 Å². The summed E-state index contributed by atoms with van der Waals surface area (Å²) in [5.74, 6) is 1.30. The van der Waals surface area contributed by atoms with E-state index < -0.39 is 0 Å². The Morgan fingerprint density at radius 3 is 2.71 bits per heavy atom. The molecule has 1 aromatic heterocycles. The Hall–Kier alpha value is -3.26.